The normalized spacial score (nSPS) is 30.5. The van der Waals surface area contributed by atoms with Gasteiger partial charge in [0.25, 0.3) is 0 Å². The summed E-state index contributed by atoms with van der Waals surface area (Å²) in [6.45, 7) is 2.16. The summed E-state index contributed by atoms with van der Waals surface area (Å²) in [6, 6.07) is 0.471. The molecule has 1 heterocycles. The van der Waals surface area contributed by atoms with E-state index in [1.54, 1.807) is 10.8 Å². The van der Waals surface area contributed by atoms with Crippen molar-refractivity contribution in [1.29, 1.82) is 0 Å². The first-order chi connectivity index (χ1) is 4.79. The summed E-state index contributed by atoms with van der Waals surface area (Å²) in [4.78, 5) is 13.6. The van der Waals surface area contributed by atoms with Crippen LogP contribution >= 0.6 is 0 Å². The highest BCUT2D eigenvalue weighted by molar-refractivity contribution is 4.93. The first-order valence-electron chi connectivity index (χ1n) is 3.54. The zero-order valence-corrected chi connectivity index (χ0v) is 5.87. The van der Waals surface area contributed by atoms with Gasteiger partial charge in [0.1, 0.15) is 0 Å². The summed E-state index contributed by atoms with van der Waals surface area (Å²) in [5, 5.41) is 0. The molecule has 10 heavy (non-hydrogen) atoms. The van der Waals surface area contributed by atoms with Crippen LogP contribution < -0.4 is 5.69 Å². The van der Waals surface area contributed by atoms with E-state index in [4.69, 9.17) is 0 Å². The van der Waals surface area contributed by atoms with Gasteiger partial charge >= 0.3 is 5.69 Å². The van der Waals surface area contributed by atoms with Crippen molar-refractivity contribution < 1.29 is 0 Å². The zero-order chi connectivity index (χ0) is 7.14. The number of hydrogen-bond donors (Lipinski definition) is 1. The SMILES string of the molecule is CC1CC1n1cc[nH]c1=O. The Bertz CT molecular complexity index is 286. The fourth-order valence-electron chi connectivity index (χ4n) is 1.28. The van der Waals surface area contributed by atoms with E-state index >= 15 is 0 Å². The third kappa shape index (κ3) is 0.701. The molecule has 2 atom stereocenters. The van der Waals surface area contributed by atoms with Gasteiger partial charge in [-0.25, -0.2) is 4.79 Å². The molecule has 2 rings (SSSR count). The summed E-state index contributed by atoms with van der Waals surface area (Å²) in [6.07, 6.45) is 4.65. The molecular formula is C7H10N2O. The summed E-state index contributed by atoms with van der Waals surface area (Å²) < 4.78 is 1.77. The van der Waals surface area contributed by atoms with Crippen molar-refractivity contribution in [1.82, 2.24) is 9.55 Å². The van der Waals surface area contributed by atoms with Crippen molar-refractivity contribution in [3.05, 3.63) is 22.9 Å². The lowest BCUT2D eigenvalue weighted by molar-refractivity contribution is 0.661. The van der Waals surface area contributed by atoms with Crippen LogP contribution in [0.15, 0.2) is 17.2 Å². The van der Waals surface area contributed by atoms with Gasteiger partial charge in [0.2, 0.25) is 0 Å². The Hall–Kier alpha value is -0.990. The van der Waals surface area contributed by atoms with Gasteiger partial charge in [-0.2, -0.15) is 0 Å². The molecular weight excluding hydrogens is 128 g/mol. The highest BCUT2D eigenvalue weighted by Crippen LogP contribution is 2.41. The van der Waals surface area contributed by atoms with Crippen LogP contribution in [-0.4, -0.2) is 9.55 Å². The molecule has 1 N–H and O–H groups in total. The number of imidazole rings is 1. The fourth-order valence-corrected chi connectivity index (χ4v) is 1.28. The average molecular weight is 138 g/mol. The van der Waals surface area contributed by atoms with E-state index in [-0.39, 0.29) is 5.69 Å². The van der Waals surface area contributed by atoms with E-state index in [2.05, 4.69) is 11.9 Å². The number of hydrogen-bond acceptors (Lipinski definition) is 1. The van der Waals surface area contributed by atoms with E-state index in [1.165, 1.54) is 0 Å². The Morgan fingerprint density at radius 2 is 2.50 bits per heavy atom. The first-order valence-corrected chi connectivity index (χ1v) is 3.54. The molecule has 1 aromatic heterocycles. The molecule has 0 aromatic carbocycles. The van der Waals surface area contributed by atoms with Crippen molar-refractivity contribution in [2.45, 2.75) is 19.4 Å². The number of aromatic nitrogens is 2. The number of nitrogens with one attached hydrogen (secondary N) is 1. The predicted molar refractivity (Wildman–Crippen MR) is 37.9 cm³/mol. The molecule has 2 unspecified atom stereocenters. The molecule has 3 heteroatoms. The van der Waals surface area contributed by atoms with Crippen molar-refractivity contribution >= 4 is 0 Å². The second-order valence-corrected chi connectivity index (χ2v) is 2.95. The van der Waals surface area contributed by atoms with Gasteiger partial charge in [-0.05, 0) is 12.3 Å². The Balaban J connectivity index is 2.35. The molecule has 1 aromatic rings. The van der Waals surface area contributed by atoms with Crippen LogP contribution in [0, 0.1) is 5.92 Å². The van der Waals surface area contributed by atoms with Crippen LogP contribution in [0.4, 0.5) is 0 Å². The fraction of sp³-hybridized carbons (Fsp3) is 0.571. The maximum Gasteiger partial charge on any atom is 0.325 e. The Morgan fingerprint density at radius 1 is 1.80 bits per heavy atom. The van der Waals surface area contributed by atoms with Crippen molar-refractivity contribution in [3.63, 3.8) is 0 Å². The molecule has 1 aliphatic carbocycles. The topological polar surface area (TPSA) is 37.8 Å². The molecule has 3 nitrogen and oxygen atoms in total. The van der Waals surface area contributed by atoms with Crippen LogP contribution in [-0.2, 0) is 0 Å². The maximum absolute atomic E-state index is 11.0. The minimum atomic E-state index is 0.0225. The van der Waals surface area contributed by atoms with Crippen molar-refractivity contribution in [3.8, 4) is 0 Å². The van der Waals surface area contributed by atoms with Crippen LogP contribution in [0.2, 0.25) is 0 Å². The summed E-state index contributed by atoms with van der Waals surface area (Å²) >= 11 is 0. The molecule has 0 saturated heterocycles. The quantitative estimate of drug-likeness (QED) is 0.611. The summed E-state index contributed by atoms with van der Waals surface area (Å²) in [5.41, 5.74) is 0.0225. The lowest BCUT2D eigenvalue weighted by atomic mass is 10.5. The minimum absolute atomic E-state index is 0.0225. The predicted octanol–water partition coefficient (Wildman–Crippen LogP) is 0.757. The highest BCUT2D eigenvalue weighted by atomic mass is 16.1. The second-order valence-electron chi connectivity index (χ2n) is 2.95. The number of nitrogens with zero attached hydrogens (tertiary/aromatic N) is 1. The summed E-state index contributed by atoms with van der Waals surface area (Å²) in [7, 11) is 0. The maximum atomic E-state index is 11.0. The molecule has 1 aliphatic rings. The van der Waals surface area contributed by atoms with Gasteiger partial charge in [0.15, 0.2) is 0 Å². The van der Waals surface area contributed by atoms with E-state index in [0.717, 1.165) is 6.42 Å². The summed E-state index contributed by atoms with van der Waals surface area (Å²) in [5.74, 6) is 0.688. The smallest absolute Gasteiger partial charge is 0.313 e. The number of rotatable bonds is 1. The molecule has 0 amide bonds. The van der Waals surface area contributed by atoms with Crippen molar-refractivity contribution in [2.24, 2.45) is 5.92 Å². The second kappa shape index (κ2) is 1.75. The van der Waals surface area contributed by atoms with Crippen molar-refractivity contribution in [2.75, 3.05) is 0 Å². The van der Waals surface area contributed by atoms with E-state index in [0.29, 0.717) is 12.0 Å². The van der Waals surface area contributed by atoms with Gasteiger partial charge < -0.3 is 4.98 Å². The zero-order valence-electron chi connectivity index (χ0n) is 5.87. The third-order valence-corrected chi connectivity index (χ3v) is 2.10. The third-order valence-electron chi connectivity index (χ3n) is 2.10. The van der Waals surface area contributed by atoms with E-state index < -0.39 is 0 Å². The van der Waals surface area contributed by atoms with E-state index in [1.807, 2.05) is 6.20 Å². The van der Waals surface area contributed by atoms with Gasteiger partial charge in [0, 0.05) is 18.4 Å². The monoisotopic (exact) mass is 138 g/mol. The molecule has 1 saturated carbocycles. The molecule has 54 valence electrons. The molecule has 1 fully saturated rings. The highest BCUT2D eigenvalue weighted by Gasteiger charge is 2.34. The largest absolute Gasteiger partial charge is 0.325 e. The van der Waals surface area contributed by atoms with Crippen LogP contribution in [0.3, 0.4) is 0 Å². The lowest BCUT2D eigenvalue weighted by Crippen LogP contribution is -2.15. The van der Waals surface area contributed by atoms with Gasteiger partial charge in [0.05, 0.1) is 0 Å². The average Bonchev–Trinajstić information content (AvgIpc) is 2.42. The number of aromatic amines is 1. The van der Waals surface area contributed by atoms with Gasteiger partial charge in [-0.3, -0.25) is 4.57 Å². The lowest BCUT2D eigenvalue weighted by Gasteiger charge is -1.93. The molecule has 0 aliphatic heterocycles. The Kier molecular flexibility index (Phi) is 1.01. The van der Waals surface area contributed by atoms with Crippen LogP contribution in [0.5, 0.6) is 0 Å². The Morgan fingerprint density at radius 3 is 2.90 bits per heavy atom. The minimum Gasteiger partial charge on any atom is -0.313 e. The van der Waals surface area contributed by atoms with Crippen LogP contribution in [0.25, 0.3) is 0 Å². The van der Waals surface area contributed by atoms with Crippen LogP contribution in [0.1, 0.15) is 19.4 Å². The Labute approximate surface area is 58.7 Å². The standard InChI is InChI=1S/C7H10N2O/c1-5-4-6(5)9-3-2-8-7(9)10/h2-3,5-6H,4H2,1H3,(H,8,10). The first kappa shape index (κ1) is 5.77. The molecule has 0 radical (unpaired) electrons. The molecule has 0 spiro atoms. The van der Waals surface area contributed by atoms with E-state index in [9.17, 15) is 4.79 Å². The molecule has 0 bridgehead atoms. The van der Waals surface area contributed by atoms with Gasteiger partial charge in [-0.1, -0.05) is 6.92 Å². The number of H-pyrrole nitrogens is 1. The van der Waals surface area contributed by atoms with Gasteiger partial charge in [-0.15, -0.1) is 0 Å².